The minimum atomic E-state index is -0.235. The second-order valence-electron chi connectivity index (χ2n) is 4.38. The Hall–Kier alpha value is -2.42. The molecule has 0 amide bonds. The number of rotatable bonds is 3. The van der Waals surface area contributed by atoms with Crippen molar-refractivity contribution >= 4 is 16.5 Å². The molecule has 1 N–H and O–H groups in total. The highest BCUT2D eigenvalue weighted by Crippen LogP contribution is 2.18. The standard InChI is InChI=1S/C16H13FN2/c17-14-5-3-6-15(8-14)19-11-13-10-18-9-12-4-1-2-7-16(12)13/h1-10,19H,11H2. The van der Waals surface area contributed by atoms with Crippen LogP contribution in [0.25, 0.3) is 10.8 Å². The molecule has 2 nitrogen and oxygen atoms in total. The van der Waals surface area contributed by atoms with Crippen molar-refractivity contribution in [2.24, 2.45) is 0 Å². The summed E-state index contributed by atoms with van der Waals surface area (Å²) in [5, 5.41) is 5.49. The zero-order chi connectivity index (χ0) is 13.1. The number of hydrogen-bond donors (Lipinski definition) is 1. The smallest absolute Gasteiger partial charge is 0.125 e. The van der Waals surface area contributed by atoms with Crippen LogP contribution in [0, 0.1) is 5.82 Å². The van der Waals surface area contributed by atoms with Crippen molar-refractivity contribution < 1.29 is 4.39 Å². The minimum Gasteiger partial charge on any atom is -0.381 e. The van der Waals surface area contributed by atoms with Gasteiger partial charge in [-0.15, -0.1) is 0 Å². The first-order chi connectivity index (χ1) is 9.33. The molecule has 3 heteroatoms. The van der Waals surface area contributed by atoms with Gasteiger partial charge in [-0.05, 0) is 29.1 Å². The number of nitrogens with zero attached hydrogens (tertiary/aromatic N) is 1. The van der Waals surface area contributed by atoms with Crippen molar-refractivity contribution in [2.45, 2.75) is 6.54 Å². The third kappa shape index (κ3) is 2.55. The molecule has 19 heavy (non-hydrogen) atoms. The molecule has 0 atom stereocenters. The number of nitrogens with one attached hydrogen (secondary N) is 1. The summed E-state index contributed by atoms with van der Waals surface area (Å²) < 4.78 is 13.1. The van der Waals surface area contributed by atoms with Gasteiger partial charge in [0.05, 0.1) is 0 Å². The van der Waals surface area contributed by atoms with E-state index in [4.69, 9.17) is 0 Å². The fourth-order valence-electron chi connectivity index (χ4n) is 2.12. The van der Waals surface area contributed by atoms with Crippen molar-refractivity contribution in [3.05, 3.63) is 72.3 Å². The number of aromatic nitrogens is 1. The van der Waals surface area contributed by atoms with E-state index in [0.29, 0.717) is 6.54 Å². The second kappa shape index (κ2) is 5.06. The average molecular weight is 252 g/mol. The highest BCUT2D eigenvalue weighted by molar-refractivity contribution is 5.84. The molecule has 0 aliphatic heterocycles. The van der Waals surface area contributed by atoms with E-state index >= 15 is 0 Å². The Morgan fingerprint density at radius 2 is 1.89 bits per heavy atom. The van der Waals surface area contributed by atoms with Crippen LogP contribution in [-0.4, -0.2) is 4.98 Å². The maximum atomic E-state index is 13.1. The Labute approximate surface area is 110 Å². The Kier molecular flexibility index (Phi) is 3.11. The van der Waals surface area contributed by atoms with E-state index < -0.39 is 0 Å². The van der Waals surface area contributed by atoms with E-state index in [1.807, 2.05) is 36.7 Å². The molecule has 0 saturated carbocycles. The fourth-order valence-corrected chi connectivity index (χ4v) is 2.12. The summed E-state index contributed by atoms with van der Waals surface area (Å²) in [5.41, 5.74) is 1.87. The van der Waals surface area contributed by atoms with Gasteiger partial charge >= 0.3 is 0 Å². The summed E-state index contributed by atoms with van der Waals surface area (Å²) in [6, 6.07) is 14.6. The molecule has 1 heterocycles. The quantitative estimate of drug-likeness (QED) is 0.762. The normalized spacial score (nSPS) is 10.6. The highest BCUT2D eigenvalue weighted by atomic mass is 19.1. The first kappa shape index (κ1) is 11.7. The van der Waals surface area contributed by atoms with E-state index in [1.54, 1.807) is 6.07 Å². The number of hydrogen-bond acceptors (Lipinski definition) is 2. The molecule has 0 spiro atoms. The zero-order valence-electron chi connectivity index (χ0n) is 10.3. The zero-order valence-corrected chi connectivity index (χ0v) is 10.3. The minimum absolute atomic E-state index is 0.235. The third-order valence-corrected chi connectivity index (χ3v) is 3.06. The molecule has 0 bridgehead atoms. The van der Waals surface area contributed by atoms with Gasteiger partial charge in [0.1, 0.15) is 5.82 Å². The van der Waals surface area contributed by atoms with Gasteiger partial charge in [-0.2, -0.15) is 0 Å². The molecule has 0 unspecified atom stereocenters. The van der Waals surface area contributed by atoms with Crippen molar-refractivity contribution in [3.8, 4) is 0 Å². The Morgan fingerprint density at radius 1 is 1.00 bits per heavy atom. The summed E-state index contributed by atoms with van der Waals surface area (Å²) in [6.07, 6.45) is 3.69. The lowest BCUT2D eigenvalue weighted by Crippen LogP contribution is -2.00. The van der Waals surface area contributed by atoms with Gasteiger partial charge in [0.25, 0.3) is 0 Å². The predicted octanol–water partition coefficient (Wildman–Crippen LogP) is 3.99. The molecule has 0 saturated heterocycles. The molecule has 0 radical (unpaired) electrons. The topological polar surface area (TPSA) is 24.9 Å². The van der Waals surface area contributed by atoms with Gasteiger partial charge in [-0.1, -0.05) is 30.3 Å². The third-order valence-electron chi connectivity index (χ3n) is 3.06. The molecule has 0 aliphatic carbocycles. The highest BCUT2D eigenvalue weighted by Gasteiger charge is 2.01. The lowest BCUT2D eigenvalue weighted by molar-refractivity contribution is 0.628. The molecule has 2 aromatic carbocycles. The van der Waals surface area contributed by atoms with Crippen LogP contribution in [0.5, 0.6) is 0 Å². The summed E-state index contributed by atoms with van der Waals surface area (Å²) in [5.74, 6) is -0.235. The van der Waals surface area contributed by atoms with Gasteiger partial charge in [0, 0.05) is 30.0 Å². The van der Waals surface area contributed by atoms with Crippen LogP contribution >= 0.6 is 0 Å². The molecule has 3 rings (SSSR count). The van der Waals surface area contributed by atoms with Gasteiger partial charge < -0.3 is 5.32 Å². The number of anilines is 1. The maximum Gasteiger partial charge on any atom is 0.125 e. The van der Waals surface area contributed by atoms with Crippen LogP contribution in [0.4, 0.5) is 10.1 Å². The monoisotopic (exact) mass is 252 g/mol. The average Bonchev–Trinajstić information content (AvgIpc) is 2.45. The number of halogens is 1. The molecular weight excluding hydrogens is 239 g/mol. The van der Waals surface area contributed by atoms with Gasteiger partial charge in [-0.25, -0.2) is 4.39 Å². The van der Waals surface area contributed by atoms with Crippen molar-refractivity contribution in [3.63, 3.8) is 0 Å². The number of benzene rings is 2. The molecule has 0 aliphatic rings. The van der Waals surface area contributed by atoms with Gasteiger partial charge in [0.2, 0.25) is 0 Å². The SMILES string of the molecule is Fc1cccc(NCc2cncc3ccccc23)c1. The van der Waals surface area contributed by atoms with Crippen LogP contribution < -0.4 is 5.32 Å². The largest absolute Gasteiger partial charge is 0.381 e. The van der Waals surface area contributed by atoms with E-state index in [9.17, 15) is 4.39 Å². The van der Waals surface area contributed by atoms with Gasteiger partial charge in [-0.3, -0.25) is 4.98 Å². The molecular formula is C16H13FN2. The maximum absolute atomic E-state index is 13.1. The fraction of sp³-hybridized carbons (Fsp3) is 0.0625. The van der Waals surface area contributed by atoms with Crippen LogP contribution in [0.1, 0.15) is 5.56 Å². The Balaban J connectivity index is 1.86. The summed E-state index contributed by atoms with van der Waals surface area (Å²) in [6.45, 7) is 0.623. The lowest BCUT2D eigenvalue weighted by atomic mass is 10.1. The van der Waals surface area contributed by atoms with E-state index in [-0.39, 0.29) is 5.82 Å². The Bertz CT molecular complexity index is 704. The van der Waals surface area contributed by atoms with E-state index in [0.717, 1.165) is 16.6 Å². The van der Waals surface area contributed by atoms with Crippen LogP contribution in [-0.2, 0) is 6.54 Å². The van der Waals surface area contributed by atoms with Gasteiger partial charge in [0.15, 0.2) is 0 Å². The first-order valence-electron chi connectivity index (χ1n) is 6.14. The van der Waals surface area contributed by atoms with E-state index in [2.05, 4.69) is 16.4 Å². The lowest BCUT2D eigenvalue weighted by Gasteiger charge is -2.09. The van der Waals surface area contributed by atoms with Crippen molar-refractivity contribution in [2.75, 3.05) is 5.32 Å². The number of pyridine rings is 1. The summed E-state index contributed by atoms with van der Waals surface area (Å²) in [7, 11) is 0. The second-order valence-corrected chi connectivity index (χ2v) is 4.38. The van der Waals surface area contributed by atoms with Crippen LogP contribution in [0.3, 0.4) is 0 Å². The molecule has 1 aromatic heterocycles. The Morgan fingerprint density at radius 3 is 2.79 bits per heavy atom. The summed E-state index contributed by atoms with van der Waals surface area (Å²) >= 11 is 0. The molecule has 94 valence electrons. The van der Waals surface area contributed by atoms with Crippen LogP contribution in [0.2, 0.25) is 0 Å². The van der Waals surface area contributed by atoms with Crippen LogP contribution in [0.15, 0.2) is 60.9 Å². The van der Waals surface area contributed by atoms with Crippen molar-refractivity contribution in [1.82, 2.24) is 4.98 Å². The first-order valence-corrected chi connectivity index (χ1v) is 6.14. The summed E-state index contributed by atoms with van der Waals surface area (Å²) in [4.78, 5) is 4.23. The molecule has 3 aromatic rings. The molecule has 0 fully saturated rings. The predicted molar refractivity (Wildman–Crippen MR) is 75.5 cm³/mol. The van der Waals surface area contributed by atoms with E-state index in [1.165, 1.54) is 17.5 Å². The number of fused-ring (bicyclic) bond motifs is 1. The van der Waals surface area contributed by atoms with Crippen molar-refractivity contribution in [1.29, 1.82) is 0 Å².